The molecule has 4 nitrogen and oxygen atoms in total. The number of carbonyl (C=O) groups is 1. The highest BCUT2D eigenvalue weighted by Crippen LogP contribution is 2.30. The number of amides is 1. The van der Waals surface area contributed by atoms with Crippen LogP contribution in [0, 0.1) is 13.8 Å². The number of aromatic nitrogens is 2. The normalized spacial score (nSPS) is 11.2. The molecule has 0 aliphatic rings. The molecule has 2 heterocycles. The molecule has 2 aromatic heterocycles. The van der Waals surface area contributed by atoms with Crippen LogP contribution < -0.4 is 5.32 Å². The molecule has 3 aromatic rings. The van der Waals surface area contributed by atoms with Crippen molar-refractivity contribution in [2.75, 3.05) is 0 Å². The smallest absolute Gasteiger partial charge is 0.287 e. The Kier molecular flexibility index (Phi) is 3.90. The van der Waals surface area contributed by atoms with Gasteiger partial charge < -0.3 is 5.32 Å². The van der Waals surface area contributed by atoms with Gasteiger partial charge in [-0.2, -0.15) is 0 Å². The highest BCUT2D eigenvalue weighted by Gasteiger charge is 2.20. The summed E-state index contributed by atoms with van der Waals surface area (Å²) in [5.41, 5.74) is 5.21. The maximum absolute atomic E-state index is 12.5. The zero-order valence-electron chi connectivity index (χ0n) is 13.9. The number of fused-ring (bicyclic) bond motifs is 1. The highest BCUT2D eigenvalue weighted by atomic mass is 16.2. The Morgan fingerprint density at radius 3 is 2.43 bits per heavy atom. The summed E-state index contributed by atoms with van der Waals surface area (Å²) in [4.78, 5) is 17.2. The summed E-state index contributed by atoms with van der Waals surface area (Å²) in [6.45, 7) is 8.04. The minimum absolute atomic E-state index is 0.0715. The van der Waals surface area contributed by atoms with Gasteiger partial charge in [-0.25, -0.2) is 4.98 Å². The lowest BCUT2D eigenvalue weighted by Gasteiger charge is -2.07. The van der Waals surface area contributed by atoms with Crippen LogP contribution >= 0.6 is 0 Å². The lowest BCUT2D eigenvalue weighted by Crippen LogP contribution is -2.31. The number of nitrogens with one attached hydrogen (secondary N) is 1. The molecular weight excluding hydrogens is 286 g/mol. The van der Waals surface area contributed by atoms with Crippen LogP contribution in [0.4, 0.5) is 0 Å². The molecule has 0 aliphatic heterocycles. The maximum atomic E-state index is 12.5. The number of carbonyl (C=O) groups excluding carboxylic acids is 1. The van der Waals surface area contributed by atoms with Gasteiger partial charge in [0.25, 0.3) is 5.91 Å². The number of imidazole rings is 1. The van der Waals surface area contributed by atoms with Gasteiger partial charge in [0.1, 0.15) is 0 Å². The number of nitrogens with zero attached hydrogens (tertiary/aromatic N) is 2. The van der Waals surface area contributed by atoms with Gasteiger partial charge >= 0.3 is 0 Å². The Morgan fingerprint density at radius 2 is 1.78 bits per heavy atom. The van der Waals surface area contributed by atoms with Gasteiger partial charge in [0.2, 0.25) is 5.82 Å². The summed E-state index contributed by atoms with van der Waals surface area (Å²) in [6, 6.07) is 12.1. The Morgan fingerprint density at radius 1 is 1.09 bits per heavy atom. The summed E-state index contributed by atoms with van der Waals surface area (Å²) in [6.07, 6.45) is 1.88. The fraction of sp³-hybridized carbons (Fsp3) is 0.263. The zero-order valence-corrected chi connectivity index (χ0v) is 13.9. The topological polar surface area (TPSA) is 46.4 Å². The number of rotatable bonds is 3. The molecule has 4 heteroatoms. The molecular formula is C19H21N3O. The lowest BCUT2D eigenvalue weighted by atomic mass is 9.99. The van der Waals surface area contributed by atoms with Crippen LogP contribution in [0.5, 0.6) is 0 Å². The second-order valence-corrected chi connectivity index (χ2v) is 6.13. The van der Waals surface area contributed by atoms with Crippen molar-refractivity contribution < 1.29 is 4.79 Å². The highest BCUT2D eigenvalue weighted by molar-refractivity contribution is 5.95. The van der Waals surface area contributed by atoms with Crippen LogP contribution in [0.2, 0.25) is 0 Å². The number of aryl methyl sites for hydroxylation is 2. The minimum Gasteiger partial charge on any atom is -0.347 e. The van der Waals surface area contributed by atoms with Crippen LogP contribution in [0.3, 0.4) is 0 Å². The number of hydrogen-bond acceptors (Lipinski definition) is 2. The van der Waals surface area contributed by atoms with E-state index in [1.54, 1.807) is 0 Å². The fourth-order valence-corrected chi connectivity index (χ4v) is 2.90. The molecule has 0 bridgehead atoms. The average molecular weight is 307 g/mol. The van der Waals surface area contributed by atoms with E-state index in [0.717, 1.165) is 27.9 Å². The van der Waals surface area contributed by atoms with Crippen LogP contribution in [-0.4, -0.2) is 21.3 Å². The van der Waals surface area contributed by atoms with Crippen molar-refractivity contribution in [1.29, 1.82) is 0 Å². The fourth-order valence-electron chi connectivity index (χ4n) is 2.90. The predicted molar refractivity (Wildman–Crippen MR) is 92.7 cm³/mol. The van der Waals surface area contributed by atoms with Crippen molar-refractivity contribution in [3.8, 4) is 11.3 Å². The largest absolute Gasteiger partial charge is 0.347 e. The quantitative estimate of drug-likeness (QED) is 0.801. The number of hydrogen-bond donors (Lipinski definition) is 1. The Labute approximate surface area is 136 Å². The van der Waals surface area contributed by atoms with E-state index in [1.165, 1.54) is 0 Å². The molecule has 0 atom stereocenters. The molecule has 0 unspecified atom stereocenters. The summed E-state index contributed by atoms with van der Waals surface area (Å²) >= 11 is 0. The first-order valence-electron chi connectivity index (χ1n) is 7.83. The lowest BCUT2D eigenvalue weighted by molar-refractivity contribution is 0.0932. The van der Waals surface area contributed by atoms with Gasteiger partial charge in [-0.3, -0.25) is 9.20 Å². The van der Waals surface area contributed by atoms with Gasteiger partial charge in [0.15, 0.2) is 0 Å². The molecule has 0 aliphatic carbocycles. The molecule has 0 saturated carbocycles. The summed E-state index contributed by atoms with van der Waals surface area (Å²) < 4.78 is 1.86. The van der Waals surface area contributed by atoms with E-state index in [-0.39, 0.29) is 11.9 Å². The van der Waals surface area contributed by atoms with Gasteiger partial charge in [-0.1, -0.05) is 24.3 Å². The van der Waals surface area contributed by atoms with E-state index in [1.807, 2.05) is 48.7 Å². The molecule has 118 valence electrons. The van der Waals surface area contributed by atoms with Crippen LogP contribution in [0.25, 0.3) is 16.8 Å². The standard InChI is InChI=1S/C19H21N3O/c1-12(2)20-19(23)18-21-17(15-10-5-6-11-22(15)18)16-13(3)8-7-9-14(16)4/h5-12H,1-4H3,(H,20,23). The van der Waals surface area contributed by atoms with Crippen molar-refractivity contribution in [2.24, 2.45) is 0 Å². The molecule has 0 fully saturated rings. The number of benzene rings is 1. The second kappa shape index (κ2) is 5.88. The molecule has 0 radical (unpaired) electrons. The molecule has 1 amide bonds. The van der Waals surface area contributed by atoms with Gasteiger partial charge in [0.05, 0.1) is 11.2 Å². The third-order valence-electron chi connectivity index (χ3n) is 3.89. The van der Waals surface area contributed by atoms with E-state index in [2.05, 4.69) is 36.3 Å². The Balaban J connectivity index is 2.25. The Bertz CT molecular complexity index is 857. The van der Waals surface area contributed by atoms with Crippen molar-refractivity contribution in [2.45, 2.75) is 33.7 Å². The van der Waals surface area contributed by atoms with E-state index in [4.69, 9.17) is 0 Å². The van der Waals surface area contributed by atoms with E-state index < -0.39 is 0 Å². The third kappa shape index (κ3) is 2.72. The van der Waals surface area contributed by atoms with Gasteiger partial charge in [-0.15, -0.1) is 0 Å². The first kappa shape index (κ1) is 15.3. The molecule has 1 N–H and O–H groups in total. The SMILES string of the molecule is Cc1cccc(C)c1-c1nc(C(=O)NC(C)C)n2ccccc12. The third-order valence-corrected chi connectivity index (χ3v) is 3.89. The van der Waals surface area contributed by atoms with Crippen molar-refractivity contribution >= 4 is 11.4 Å². The summed E-state index contributed by atoms with van der Waals surface area (Å²) in [7, 11) is 0. The van der Waals surface area contributed by atoms with Crippen LogP contribution in [-0.2, 0) is 0 Å². The molecule has 23 heavy (non-hydrogen) atoms. The molecule has 0 saturated heterocycles. The molecule has 3 rings (SSSR count). The Hall–Kier alpha value is -2.62. The average Bonchev–Trinajstić information content (AvgIpc) is 2.86. The van der Waals surface area contributed by atoms with Gasteiger partial charge in [-0.05, 0) is 51.0 Å². The monoisotopic (exact) mass is 307 g/mol. The minimum atomic E-state index is -0.154. The van der Waals surface area contributed by atoms with Crippen molar-refractivity contribution in [3.05, 3.63) is 59.5 Å². The number of pyridine rings is 1. The van der Waals surface area contributed by atoms with Crippen LogP contribution in [0.1, 0.15) is 35.6 Å². The van der Waals surface area contributed by atoms with E-state index in [9.17, 15) is 4.79 Å². The van der Waals surface area contributed by atoms with Crippen molar-refractivity contribution in [3.63, 3.8) is 0 Å². The van der Waals surface area contributed by atoms with E-state index >= 15 is 0 Å². The van der Waals surface area contributed by atoms with Crippen molar-refractivity contribution in [1.82, 2.24) is 14.7 Å². The van der Waals surface area contributed by atoms with Crippen LogP contribution in [0.15, 0.2) is 42.6 Å². The van der Waals surface area contributed by atoms with E-state index in [0.29, 0.717) is 5.82 Å². The second-order valence-electron chi connectivity index (χ2n) is 6.13. The predicted octanol–water partition coefficient (Wildman–Crippen LogP) is 3.76. The first-order valence-corrected chi connectivity index (χ1v) is 7.83. The molecule has 0 spiro atoms. The maximum Gasteiger partial charge on any atom is 0.287 e. The van der Waals surface area contributed by atoms with Gasteiger partial charge in [0, 0.05) is 17.8 Å². The zero-order chi connectivity index (χ0) is 16.6. The first-order chi connectivity index (χ1) is 11.0. The molecule has 1 aromatic carbocycles. The summed E-state index contributed by atoms with van der Waals surface area (Å²) in [5.74, 6) is 0.269. The summed E-state index contributed by atoms with van der Waals surface area (Å²) in [5, 5.41) is 2.92.